The van der Waals surface area contributed by atoms with Gasteiger partial charge in [-0.25, -0.2) is 17.6 Å². The van der Waals surface area contributed by atoms with E-state index in [0.29, 0.717) is 12.5 Å². The van der Waals surface area contributed by atoms with E-state index in [1.807, 2.05) is 0 Å². The third kappa shape index (κ3) is 2.94. The van der Waals surface area contributed by atoms with Crippen molar-refractivity contribution in [1.82, 2.24) is 4.31 Å². The zero-order valence-electron chi connectivity index (χ0n) is 11.3. The molecule has 2 aliphatic rings. The molecule has 3 rings (SSSR count). The van der Waals surface area contributed by atoms with Crippen LogP contribution in [0.25, 0.3) is 0 Å². The van der Waals surface area contributed by atoms with E-state index in [1.54, 1.807) is 0 Å². The third-order valence-electron chi connectivity index (χ3n) is 3.85. The van der Waals surface area contributed by atoms with Crippen LogP contribution in [-0.2, 0) is 10.0 Å². The number of aromatic carboxylic acids is 1. The van der Waals surface area contributed by atoms with Crippen LogP contribution < -0.4 is 0 Å². The summed E-state index contributed by atoms with van der Waals surface area (Å²) in [5.74, 6) is -1.77. The molecule has 5 nitrogen and oxygen atoms in total. The molecule has 21 heavy (non-hydrogen) atoms. The lowest BCUT2D eigenvalue weighted by molar-refractivity contribution is 0.0692. The molecule has 2 aliphatic carbocycles. The first-order valence-electron chi connectivity index (χ1n) is 6.94. The summed E-state index contributed by atoms with van der Waals surface area (Å²) in [4.78, 5) is 10.8. The molecule has 0 spiro atoms. The van der Waals surface area contributed by atoms with Crippen molar-refractivity contribution in [3.63, 3.8) is 0 Å². The van der Waals surface area contributed by atoms with Crippen LogP contribution in [0.15, 0.2) is 23.1 Å². The molecule has 2 fully saturated rings. The van der Waals surface area contributed by atoms with Gasteiger partial charge in [-0.3, -0.25) is 0 Å². The van der Waals surface area contributed by atoms with Gasteiger partial charge in [0.05, 0.1) is 10.5 Å². The second-order valence-electron chi connectivity index (χ2n) is 5.69. The van der Waals surface area contributed by atoms with Crippen molar-refractivity contribution in [3.8, 4) is 0 Å². The first-order chi connectivity index (χ1) is 9.89. The molecule has 2 saturated carbocycles. The molecule has 0 bridgehead atoms. The number of sulfonamides is 1. The van der Waals surface area contributed by atoms with Crippen molar-refractivity contribution in [3.05, 3.63) is 29.6 Å². The molecule has 1 aromatic carbocycles. The predicted octanol–water partition coefficient (Wildman–Crippen LogP) is 2.09. The van der Waals surface area contributed by atoms with Crippen LogP contribution in [0.1, 0.15) is 36.0 Å². The van der Waals surface area contributed by atoms with E-state index in [2.05, 4.69) is 0 Å². The fourth-order valence-corrected chi connectivity index (χ4v) is 4.33. The van der Waals surface area contributed by atoms with Gasteiger partial charge in [0.1, 0.15) is 5.82 Å². The zero-order chi connectivity index (χ0) is 15.2. The molecule has 1 aromatic rings. The lowest BCUT2D eigenvalue weighted by atomic mass is 10.2. The van der Waals surface area contributed by atoms with Gasteiger partial charge >= 0.3 is 5.97 Å². The van der Waals surface area contributed by atoms with E-state index in [4.69, 9.17) is 5.11 Å². The van der Waals surface area contributed by atoms with Gasteiger partial charge in [0.25, 0.3) is 0 Å². The largest absolute Gasteiger partial charge is 0.478 e. The summed E-state index contributed by atoms with van der Waals surface area (Å²) in [6.45, 7) is 0.405. The number of hydrogen-bond donors (Lipinski definition) is 1. The van der Waals surface area contributed by atoms with Crippen molar-refractivity contribution in [1.29, 1.82) is 0 Å². The standard InChI is InChI=1S/C14H16FNO4S/c15-10-3-6-12(14(17)18)13(7-10)21(19,20)16(11-4-5-11)8-9-1-2-9/h3,6-7,9,11H,1-2,4-5,8H2,(H,17,18). The summed E-state index contributed by atoms with van der Waals surface area (Å²) in [6.07, 6.45) is 3.55. The molecular formula is C14H16FNO4S. The third-order valence-corrected chi connectivity index (χ3v) is 5.81. The van der Waals surface area contributed by atoms with Crippen LogP contribution in [-0.4, -0.2) is 36.4 Å². The first-order valence-corrected chi connectivity index (χ1v) is 8.38. The van der Waals surface area contributed by atoms with Crippen molar-refractivity contribution in [2.75, 3.05) is 6.54 Å². The Morgan fingerprint density at radius 3 is 2.48 bits per heavy atom. The molecule has 0 atom stereocenters. The number of hydrogen-bond acceptors (Lipinski definition) is 3. The van der Waals surface area contributed by atoms with Gasteiger partial charge in [0.2, 0.25) is 10.0 Å². The average Bonchev–Trinajstić information content (AvgIpc) is 3.27. The monoisotopic (exact) mass is 313 g/mol. The van der Waals surface area contributed by atoms with E-state index < -0.39 is 26.7 Å². The van der Waals surface area contributed by atoms with Crippen LogP contribution in [0.3, 0.4) is 0 Å². The molecule has 0 heterocycles. The van der Waals surface area contributed by atoms with E-state index in [0.717, 1.165) is 43.9 Å². The Morgan fingerprint density at radius 2 is 1.95 bits per heavy atom. The smallest absolute Gasteiger partial charge is 0.337 e. The van der Waals surface area contributed by atoms with Crippen molar-refractivity contribution in [2.45, 2.75) is 36.6 Å². The molecular weight excluding hydrogens is 297 g/mol. The average molecular weight is 313 g/mol. The fraction of sp³-hybridized carbons (Fsp3) is 0.500. The van der Waals surface area contributed by atoms with Gasteiger partial charge in [-0.2, -0.15) is 4.31 Å². The number of rotatable bonds is 6. The number of carboxylic acid groups (broad SMARTS) is 1. The molecule has 7 heteroatoms. The van der Waals surface area contributed by atoms with E-state index >= 15 is 0 Å². The number of carbonyl (C=O) groups is 1. The highest BCUT2D eigenvalue weighted by molar-refractivity contribution is 7.89. The molecule has 0 amide bonds. The highest BCUT2D eigenvalue weighted by Gasteiger charge is 2.42. The van der Waals surface area contributed by atoms with Crippen LogP contribution in [0, 0.1) is 11.7 Å². The van der Waals surface area contributed by atoms with Gasteiger partial charge in [0, 0.05) is 12.6 Å². The van der Waals surface area contributed by atoms with Crippen molar-refractivity contribution < 1.29 is 22.7 Å². The van der Waals surface area contributed by atoms with Gasteiger partial charge in [-0.05, 0) is 49.8 Å². The Balaban J connectivity index is 2.03. The van der Waals surface area contributed by atoms with Crippen molar-refractivity contribution >= 4 is 16.0 Å². The quantitative estimate of drug-likeness (QED) is 0.872. The predicted molar refractivity (Wildman–Crippen MR) is 73.0 cm³/mol. The van der Waals surface area contributed by atoms with Crippen LogP contribution >= 0.6 is 0 Å². The summed E-state index contributed by atoms with van der Waals surface area (Å²) >= 11 is 0. The summed E-state index contributed by atoms with van der Waals surface area (Å²) in [7, 11) is -3.98. The highest BCUT2D eigenvalue weighted by atomic mass is 32.2. The first kappa shape index (κ1) is 14.5. The lowest BCUT2D eigenvalue weighted by Crippen LogP contribution is -2.35. The second kappa shape index (κ2) is 5.06. The maximum Gasteiger partial charge on any atom is 0.337 e. The minimum Gasteiger partial charge on any atom is -0.478 e. The van der Waals surface area contributed by atoms with Crippen LogP contribution in [0.4, 0.5) is 4.39 Å². The van der Waals surface area contributed by atoms with E-state index in [9.17, 15) is 17.6 Å². The summed E-state index contributed by atoms with van der Waals surface area (Å²) in [5.41, 5.74) is -0.377. The summed E-state index contributed by atoms with van der Waals surface area (Å²) in [6, 6.07) is 2.71. The minimum atomic E-state index is -3.98. The molecule has 0 saturated heterocycles. The molecule has 114 valence electrons. The second-order valence-corrected chi connectivity index (χ2v) is 7.55. The minimum absolute atomic E-state index is 0.0690. The molecule has 1 N–H and O–H groups in total. The zero-order valence-corrected chi connectivity index (χ0v) is 12.1. The van der Waals surface area contributed by atoms with E-state index in [1.165, 1.54) is 4.31 Å². The van der Waals surface area contributed by atoms with Crippen molar-refractivity contribution in [2.24, 2.45) is 5.92 Å². The lowest BCUT2D eigenvalue weighted by Gasteiger charge is -2.22. The Morgan fingerprint density at radius 1 is 1.29 bits per heavy atom. The Labute approximate surface area is 122 Å². The number of nitrogens with zero attached hydrogens (tertiary/aromatic N) is 1. The van der Waals surface area contributed by atoms with Gasteiger partial charge in [-0.1, -0.05) is 0 Å². The molecule has 0 unspecified atom stereocenters. The molecule has 0 aliphatic heterocycles. The van der Waals surface area contributed by atoms with Crippen LogP contribution in [0.5, 0.6) is 0 Å². The summed E-state index contributed by atoms with van der Waals surface area (Å²) < 4.78 is 40.3. The summed E-state index contributed by atoms with van der Waals surface area (Å²) in [5, 5.41) is 9.14. The van der Waals surface area contributed by atoms with Gasteiger partial charge in [-0.15, -0.1) is 0 Å². The number of benzene rings is 1. The fourth-order valence-electron chi connectivity index (χ4n) is 2.37. The normalized spacial score (nSPS) is 19.0. The highest BCUT2D eigenvalue weighted by Crippen LogP contribution is 2.38. The Hall–Kier alpha value is -1.47. The number of carboxylic acids is 1. The van der Waals surface area contributed by atoms with E-state index in [-0.39, 0.29) is 11.6 Å². The topological polar surface area (TPSA) is 74.7 Å². The number of halogens is 1. The van der Waals surface area contributed by atoms with Crippen LogP contribution in [0.2, 0.25) is 0 Å². The maximum absolute atomic E-state index is 13.4. The van der Waals surface area contributed by atoms with Gasteiger partial charge < -0.3 is 5.11 Å². The Bertz CT molecular complexity index is 680. The SMILES string of the molecule is O=C(O)c1ccc(F)cc1S(=O)(=O)N(CC1CC1)C1CC1. The maximum atomic E-state index is 13.4. The molecule has 0 aromatic heterocycles. The van der Waals surface area contributed by atoms with Gasteiger partial charge in [0.15, 0.2) is 0 Å². The molecule has 0 radical (unpaired) electrons. The Kier molecular flexibility index (Phi) is 3.49.